The van der Waals surface area contributed by atoms with Gasteiger partial charge in [0.2, 0.25) is 0 Å². The first-order valence-electron chi connectivity index (χ1n) is 7.57. The van der Waals surface area contributed by atoms with Gasteiger partial charge in [0.1, 0.15) is 5.54 Å². The van der Waals surface area contributed by atoms with E-state index in [9.17, 15) is 4.79 Å². The Morgan fingerprint density at radius 3 is 2.63 bits per heavy atom. The maximum atomic E-state index is 11.9. The van der Waals surface area contributed by atoms with E-state index in [-0.39, 0.29) is 5.97 Å². The van der Waals surface area contributed by atoms with Gasteiger partial charge in [0.25, 0.3) is 0 Å². The number of rotatable bonds is 9. The van der Waals surface area contributed by atoms with Crippen molar-refractivity contribution in [1.82, 2.24) is 10.2 Å². The van der Waals surface area contributed by atoms with Crippen molar-refractivity contribution < 1.29 is 9.53 Å². The van der Waals surface area contributed by atoms with Crippen molar-refractivity contribution in [3.63, 3.8) is 0 Å². The third-order valence-electron chi connectivity index (χ3n) is 4.29. The molecule has 4 heteroatoms. The van der Waals surface area contributed by atoms with E-state index in [1.807, 2.05) is 6.92 Å². The Balaban J connectivity index is 2.36. The minimum absolute atomic E-state index is 0.146. The van der Waals surface area contributed by atoms with E-state index in [0.717, 1.165) is 38.4 Å². The normalized spacial score (nSPS) is 19.0. The smallest absolute Gasteiger partial charge is 0.325 e. The minimum Gasteiger partial charge on any atom is -0.468 e. The van der Waals surface area contributed by atoms with E-state index < -0.39 is 5.54 Å². The van der Waals surface area contributed by atoms with Gasteiger partial charge in [-0.2, -0.15) is 0 Å². The van der Waals surface area contributed by atoms with Crippen LogP contribution in [0.1, 0.15) is 52.4 Å². The Labute approximate surface area is 117 Å². The van der Waals surface area contributed by atoms with E-state index >= 15 is 0 Å². The maximum absolute atomic E-state index is 11.9. The van der Waals surface area contributed by atoms with Crippen molar-refractivity contribution in [2.24, 2.45) is 0 Å². The molecule has 0 spiro atoms. The molecule has 1 saturated carbocycles. The molecule has 1 fully saturated rings. The molecule has 0 aromatic rings. The summed E-state index contributed by atoms with van der Waals surface area (Å²) in [5.74, 6) is -0.146. The average Bonchev–Trinajstić information content (AvgIpc) is 2.33. The monoisotopic (exact) mass is 270 g/mol. The van der Waals surface area contributed by atoms with Gasteiger partial charge in [0.05, 0.1) is 7.11 Å². The summed E-state index contributed by atoms with van der Waals surface area (Å²) in [4.78, 5) is 14.3. The molecule has 0 heterocycles. The summed E-state index contributed by atoms with van der Waals surface area (Å²) < 4.78 is 4.93. The Kier molecular flexibility index (Phi) is 6.80. The van der Waals surface area contributed by atoms with Gasteiger partial charge in [-0.05, 0) is 59.2 Å². The van der Waals surface area contributed by atoms with Crippen molar-refractivity contribution in [1.29, 1.82) is 0 Å². The van der Waals surface area contributed by atoms with E-state index in [1.54, 1.807) is 0 Å². The van der Waals surface area contributed by atoms with Crippen molar-refractivity contribution in [2.45, 2.75) is 64.0 Å². The van der Waals surface area contributed by atoms with Crippen molar-refractivity contribution in [3.05, 3.63) is 0 Å². The maximum Gasteiger partial charge on any atom is 0.325 e. The molecule has 0 aliphatic heterocycles. The molecule has 0 aromatic heterocycles. The fourth-order valence-electron chi connectivity index (χ4n) is 2.58. The highest BCUT2D eigenvalue weighted by molar-refractivity contribution is 5.80. The van der Waals surface area contributed by atoms with Gasteiger partial charge in [0.15, 0.2) is 0 Å². The lowest BCUT2D eigenvalue weighted by atomic mass is 9.91. The number of carbonyl (C=O) groups is 1. The van der Waals surface area contributed by atoms with Crippen LogP contribution in [0.3, 0.4) is 0 Å². The van der Waals surface area contributed by atoms with Crippen LogP contribution >= 0.6 is 0 Å². The lowest BCUT2D eigenvalue weighted by Crippen LogP contribution is -2.51. The number of hydrogen-bond acceptors (Lipinski definition) is 4. The summed E-state index contributed by atoms with van der Waals surface area (Å²) in [6, 6.07) is 0.771. The second kappa shape index (κ2) is 7.85. The van der Waals surface area contributed by atoms with Gasteiger partial charge in [-0.15, -0.1) is 0 Å². The molecular formula is C15H30N2O2. The molecule has 0 radical (unpaired) electrons. The highest BCUT2D eigenvalue weighted by Crippen LogP contribution is 2.24. The molecule has 1 atom stereocenters. The van der Waals surface area contributed by atoms with Crippen LogP contribution in [0.2, 0.25) is 0 Å². The first kappa shape index (κ1) is 16.4. The SMILES string of the molecule is CCCNC(C)(CCCN(C)C1CCC1)C(=O)OC. The van der Waals surface area contributed by atoms with Gasteiger partial charge in [0, 0.05) is 6.04 Å². The Morgan fingerprint density at radius 2 is 2.16 bits per heavy atom. The lowest BCUT2D eigenvalue weighted by molar-refractivity contribution is -0.148. The van der Waals surface area contributed by atoms with Gasteiger partial charge < -0.3 is 15.0 Å². The second-order valence-corrected chi connectivity index (χ2v) is 5.92. The van der Waals surface area contributed by atoms with Crippen LogP contribution in [0.15, 0.2) is 0 Å². The van der Waals surface area contributed by atoms with E-state index in [1.165, 1.54) is 26.4 Å². The predicted octanol–water partition coefficient (Wildman–Crippen LogP) is 2.18. The number of carbonyl (C=O) groups excluding carboxylic acids is 1. The van der Waals surface area contributed by atoms with Gasteiger partial charge in [-0.1, -0.05) is 13.3 Å². The van der Waals surface area contributed by atoms with Crippen LogP contribution in [0.4, 0.5) is 0 Å². The van der Waals surface area contributed by atoms with Crippen molar-refractivity contribution >= 4 is 5.97 Å². The largest absolute Gasteiger partial charge is 0.468 e. The van der Waals surface area contributed by atoms with Crippen LogP contribution in [0, 0.1) is 0 Å². The number of hydrogen-bond donors (Lipinski definition) is 1. The second-order valence-electron chi connectivity index (χ2n) is 5.92. The number of esters is 1. The van der Waals surface area contributed by atoms with E-state index in [4.69, 9.17) is 4.74 Å². The predicted molar refractivity (Wildman–Crippen MR) is 78.2 cm³/mol. The van der Waals surface area contributed by atoms with Crippen molar-refractivity contribution in [2.75, 3.05) is 27.2 Å². The molecule has 4 nitrogen and oxygen atoms in total. The summed E-state index contributed by atoms with van der Waals surface area (Å²) in [6.07, 6.45) is 6.91. The molecule has 1 rings (SSSR count). The molecule has 0 bridgehead atoms. The van der Waals surface area contributed by atoms with Crippen LogP contribution in [-0.2, 0) is 9.53 Å². The number of nitrogens with zero attached hydrogens (tertiary/aromatic N) is 1. The van der Waals surface area contributed by atoms with Crippen LogP contribution < -0.4 is 5.32 Å². The standard InChI is InChI=1S/C15H30N2O2/c1-5-11-16-15(2,14(18)19-4)10-7-12-17(3)13-8-6-9-13/h13,16H,5-12H2,1-4H3. The molecule has 19 heavy (non-hydrogen) atoms. The number of methoxy groups -OCH3 is 1. The molecular weight excluding hydrogens is 240 g/mol. The van der Waals surface area contributed by atoms with E-state index in [2.05, 4.69) is 24.2 Å². The summed E-state index contributed by atoms with van der Waals surface area (Å²) in [5, 5.41) is 3.33. The minimum atomic E-state index is -0.536. The summed E-state index contributed by atoms with van der Waals surface area (Å²) in [6.45, 7) is 5.97. The van der Waals surface area contributed by atoms with Crippen LogP contribution in [-0.4, -0.2) is 49.7 Å². The Bertz CT molecular complexity index is 279. The zero-order valence-corrected chi connectivity index (χ0v) is 13.0. The fraction of sp³-hybridized carbons (Fsp3) is 0.933. The highest BCUT2D eigenvalue weighted by atomic mass is 16.5. The third-order valence-corrected chi connectivity index (χ3v) is 4.29. The number of ether oxygens (including phenoxy) is 1. The summed E-state index contributed by atoms with van der Waals surface area (Å²) >= 11 is 0. The van der Waals surface area contributed by atoms with Crippen LogP contribution in [0.5, 0.6) is 0 Å². The van der Waals surface area contributed by atoms with Gasteiger partial charge >= 0.3 is 5.97 Å². The van der Waals surface area contributed by atoms with Crippen molar-refractivity contribution in [3.8, 4) is 0 Å². The fourth-order valence-corrected chi connectivity index (χ4v) is 2.58. The zero-order chi connectivity index (χ0) is 14.3. The third kappa shape index (κ3) is 4.77. The van der Waals surface area contributed by atoms with Gasteiger partial charge in [-0.3, -0.25) is 4.79 Å². The van der Waals surface area contributed by atoms with E-state index in [0.29, 0.717) is 0 Å². The van der Waals surface area contributed by atoms with Gasteiger partial charge in [-0.25, -0.2) is 0 Å². The Hall–Kier alpha value is -0.610. The molecule has 0 aromatic carbocycles. The molecule has 112 valence electrons. The molecule has 1 aliphatic rings. The average molecular weight is 270 g/mol. The summed E-state index contributed by atoms with van der Waals surface area (Å²) in [7, 11) is 3.66. The quantitative estimate of drug-likeness (QED) is 0.652. The first-order valence-corrected chi connectivity index (χ1v) is 7.57. The molecule has 1 aliphatic carbocycles. The zero-order valence-electron chi connectivity index (χ0n) is 13.0. The molecule has 1 unspecified atom stereocenters. The highest BCUT2D eigenvalue weighted by Gasteiger charge is 2.33. The Morgan fingerprint density at radius 1 is 1.47 bits per heavy atom. The topological polar surface area (TPSA) is 41.6 Å². The van der Waals surface area contributed by atoms with Crippen LogP contribution in [0.25, 0.3) is 0 Å². The molecule has 0 amide bonds. The first-order chi connectivity index (χ1) is 9.03. The lowest BCUT2D eigenvalue weighted by Gasteiger charge is -2.35. The molecule has 0 saturated heterocycles. The molecule has 1 N–H and O–H groups in total. The number of nitrogens with one attached hydrogen (secondary N) is 1. The summed E-state index contributed by atoms with van der Waals surface area (Å²) in [5.41, 5.74) is -0.536.